The number of sulfonamides is 1. The van der Waals surface area contributed by atoms with E-state index in [1.807, 2.05) is 0 Å². The van der Waals surface area contributed by atoms with Crippen molar-refractivity contribution in [3.63, 3.8) is 0 Å². The largest absolute Gasteiger partial charge is 0.339 e. The zero-order valence-corrected chi connectivity index (χ0v) is 13.2. The van der Waals surface area contributed by atoms with Crippen LogP contribution in [0.2, 0.25) is 0 Å². The summed E-state index contributed by atoms with van der Waals surface area (Å²) >= 11 is 1.59. The highest BCUT2D eigenvalue weighted by Gasteiger charge is 2.25. The molecule has 1 amide bonds. The molecule has 1 aliphatic heterocycles. The van der Waals surface area contributed by atoms with Crippen LogP contribution in [-0.2, 0) is 14.8 Å². The van der Waals surface area contributed by atoms with Crippen molar-refractivity contribution in [1.82, 2.24) is 9.21 Å². The molecule has 1 aliphatic rings. The quantitative estimate of drug-likeness (QED) is 0.709. The molecule has 8 heteroatoms. The Hall–Kier alpha value is -0.310. The number of thioether (sulfide) groups is 1. The van der Waals surface area contributed by atoms with E-state index in [1.165, 1.54) is 10.6 Å². The van der Waals surface area contributed by atoms with Crippen LogP contribution >= 0.6 is 11.8 Å². The zero-order valence-electron chi connectivity index (χ0n) is 11.5. The fourth-order valence-electron chi connectivity index (χ4n) is 1.78. The molecule has 0 aromatic rings. The summed E-state index contributed by atoms with van der Waals surface area (Å²) in [6.45, 7) is 4.46. The topological polar surface area (TPSA) is 83.7 Å². The van der Waals surface area contributed by atoms with Gasteiger partial charge in [0.25, 0.3) is 0 Å². The highest BCUT2D eigenvalue weighted by atomic mass is 32.2. The maximum Gasteiger partial charge on any atom is 0.232 e. The second-order valence-corrected chi connectivity index (χ2v) is 7.91. The highest BCUT2D eigenvalue weighted by molar-refractivity contribution is 7.99. The Balaban J connectivity index is 2.29. The van der Waals surface area contributed by atoms with Crippen LogP contribution in [0, 0.1) is 5.92 Å². The smallest absolute Gasteiger partial charge is 0.232 e. The summed E-state index contributed by atoms with van der Waals surface area (Å²) in [6, 6.07) is 0. The lowest BCUT2D eigenvalue weighted by Gasteiger charge is -2.33. The first kappa shape index (κ1) is 16.7. The third-order valence-electron chi connectivity index (χ3n) is 3.09. The Morgan fingerprint density at radius 3 is 2.37 bits per heavy atom. The lowest BCUT2D eigenvalue weighted by molar-refractivity contribution is -0.129. The molecular formula is C11H23N3O3S2. The molecule has 1 unspecified atom stereocenters. The number of amides is 1. The molecule has 112 valence electrons. The SMILES string of the molecule is CC(CN)CSCC(=O)N1CCN(S(C)(=O)=O)CC1. The van der Waals surface area contributed by atoms with Crippen molar-refractivity contribution in [1.29, 1.82) is 0 Å². The van der Waals surface area contributed by atoms with Gasteiger partial charge in [-0.1, -0.05) is 6.92 Å². The Kier molecular flexibility index (Phi) is 6.58. The van der Waals surface area contributed by atoms with Crippen molar-refractivity contribution in [3.05, 3.63) is 0 Å². The number of hydrogen-bond donors (Lipinski definition) is 1. The predicted molar refractivity (Wildman–Crippen MR) is 78.5 cm³/mol. The van der Waals surface area contributed by atoms with Gasteiger partial charge in [0.05, 0.1) is 12.0 Å². The van der Waals surface area contributed by atoms with Gasteiger partial charge in [-0.25, -0.2) is 8.42 Å². The molecule has 0 aliphatic carbocycles. The van der Waals surface area contributed by atoms with Gasteiger partial charge in [0, 0.05) is 26.2 Å². The predicted octanol–water partition coefficient (Wildman–Crippen LogP) is -0.582. The Morgan fingerprint density at radius 2 is 1.89 bits per heavy atom. The van der Waals surface area contributed by atoms with Crippen LogP contribution in [0.5, 0.6) is 0 Å². The molecule has 1 saturated heterocycles. The molecule has 19 heavy (non-hydrogen) atoms. The molecule has 1 heterocycles. The molecular weight excluding hydrogens is 286 g/mol. The van der Waals surface area contributed by atoms with Crippen molar-refractivity contribution >= 4 is 27.7 Å². The summed E-state index contributed by atoms with van der Waals surface area (Å²) in [5.41, 5.74) is 5.52. The molecule has 0 spiro atoms. The number of rotatable bonds is 6. The summed E-state index contributed by atoms with van der Waals surface area (Å²) < 4.78 is 24.1. The second-order valence-electron chi connectivity index (χ2n) is 4.90. The number of hydrogen-bond acceptors (Lipinski definition) is 5. The van der Waals surface area contributed by atoms with Crippen molar-refractivity contribution in [2.45, 2.75) is 6.92 Å². The molecule has 2 N–H and O–H groups in total. The lowest BCUT2D eigenvalue weighted by atomic mass is 10.2. The van der Waals surface area contributed by atoms with Crippen molar-refractivity contribution in [2.75, 3.05) is 50.5 Å². The maximum atomic E-state index is 11.9. The number of carbonyl (C=O) groups is 1. The number of carbonyl (C=O) groups excluding carboxylic acids is 1. The Morgan fingerprint density at radius 1 is 1.32 bits per heavy atom. The van der Waals surface area contributed by atoms with E-state index in [2.05, 4.69) is 6.92 Å². The summed E-state index contributed by atoms with van der Waals surface area (Å²) in [7, 11) is -3.13. The number of nitrogens with zero attached hydrogens (tertiary/aromatic N) is 2. The first-order valence-corrected chi connectivity index (χ1v) is 9.35. The Bertz CT molecular complexity index is 392. The van der Waals surface area contributed by atoms with Crippen molar-refractivity contribution in [2.24, 2.45) is 11.7 Å². The van der Waals surface area contributed by atoms with E-state index in [4.69, 9.17) is 5.73 Å². The Labute approximate surface area is 119 Å². The van der Waals surface area contributed by atoms with Gasteiger partial charge >= 0.3 is 0 Å². The molecule has 0 aromatic heterocycles. The molecule has 0 aromatic carbocycles. The van der Waals surface area contributed by atoms with E-state index in [-0.39, 0.29) is 5.91 Å². The van der Waals surface area contributed by atoms with Gasteiger partial charge < -0.3 is 10.6 Å². The van der Waals surface area contributed by atoms with Crippen LogP contribution < -0.4 is 5.73 Å². The lowest BCUT2D eigenvalue weighted by Crippen LogP contribution is -2.50. The molecule has 0 saturated carbocycles. The average molecular weight is 309 g/mol. The molecule has 1 fully saturated rings. The van der Waals surface area contributed by atoms with Gasteiger partial charge in [-0.3, -0.25) is 4.79 Å². The van der Waals surface area contributed by atoms with Crippen LogP contribution in [0.4, 0.5) is 0 Å². The van der Waals surface area contributed by atoms with E-state index in [1.54, 1.807) is 16.7 Å². The minimum atomic E-state index is -3.13. The van der Waals surface area contributed by atoms with Gasteiger partial charge in [0.1, 0.15) is 0 Å². The summed E-state index contributed by atoms with van der Waals surface area (Å²) in [5, 5.41) is 0. The fraction of sp³-hybridized carbons (Fsp3) is 0.909. The maximum absolute atomic E-state index is 11.9. The van der Waals surface area contributed by atoms with Crippen LogP contribution in [0.15, 0.2) is 0 Å². The monoisotopic (exact) mass is 309 g/mol. The van der Waals surface area contributed by atoms with Crippen LogP contribution in [0.25, 0.3) is 0 Å². The van der Waals surface area contributed by atoms with Crippen molar-refractivity contribution in [3.8, 4) is 0 Å². The molecule has 0 radical (unpaired) electrons. The molecule has 0 bridgehead atoms. The summed E-state index contributed by atoms with van der Waals surface area (Å²) in [5.74, 6) is 1.83. The first-order chi connectivity index (χ1) is 8.84. The second kappa shape index (κ2) is 7.47. The number of piperazine rings is 1. The van der Waals surface area contributed by atoms with Gasteiger partial charge in [-0.15, -0.1) is 0 Å². The van der Waals surface area contributed by atoms with Gasteiger partial charge in [-0.2, -0.15) is 16.1 Å². The first-order valence-electron chi connectivity index (χ1n) is 6.35. The minimum absolute atomic E-state index is 0.0855. The number of nitrogens with two attached hydrogens (primary N) is 1. The minimum Gasteiger partial charge on any atom is -0.339 e. The average Bonchev–Trinajstić information content (AvgIpc) is 2.37. The third-order valence-corrected chi connectivity index (χ3v) is 5.65. The summed E-state index contributed by atoms with van der Waals surface area (Å²) in [4.78, 5) is 13.7. The third kappa shape index (κ3) is 5.68. The molecule has 1 atom stereocenters. The van der Waals surface area contributed by atoms with Gasteiger partial charge in [0.2, 0.25) is 15.9 Å². The van der Waals surface area contributed by atoms with E-state index in [0.29, 0.717) is 44.4 Å². The molecule has 6 nitrogen and oxygen atoms in total. The fourth-order valence-corrected chi connectivity index (χ4v) is 3.62. The van der Waals surface area contributed by atoms with E-state index in [9.17, 15) is 13.2 Å². The van der Waals surface area contributed by atoms with Gasteiger partial charge in [-0.05, 0) is 18.2 Å². The van der Waals surface area contributed by atoms with Gasteiger partial charge in [0.15, 0.2) is 0 Å². The molecule has 1 rings (SSSR count). The van der Waals surface area contributed by atoms with E-state index < -0.39 is 10.0 Å². The van der Waals surface area contributed by atoms with E-state index >= 15 is 0 Å². The van der Waals surface area contributed by atoms with E-state index in [0.717, 1.165) is 5.75 Å². The van der Waals surface area contributed by atoms with Crippen LogP contribution in [0.3, 0.4) is 0 Å². The standard InChI is InChI=1S/C11H23N3O3S2/c1-10(7-12)8-18-9-11(15)13-3-5-14(6-4-13)19(2,16)17/h10H,3-9,12H2,1-2H3. The van der Waals surface area contributed by atoms with Crippen LogP contribution in [-0.4, -0.2) is 74.0 Å². The van der Waals surface area contributed by atoms with Crippen molar-refractivity contribution < 1.29 is 13.2 Å². The summed E-state index contributed by atoms with van der Waals surface area (Å²) in [6.07, 6.45) is 1.20. The highest BCUT2D eigenvalue weighted by Crippen LogP contribution is 2.11. The normalized spacial score (nSPS) is 19.4. The van der Waals surface area contributed by atoms with Crippen LogP contribution in [0.1, 0.15) is 6.92 Å². The zero-order chi connectivity index (χ0) is 14.5.